The van der Waals surface area contributed by atoms with Gasteiger partial charge in [-0.05, 0) is 25.8 Å². The van der Waals surface area contributed by atoms with Crippen LogP contribution in [0.25, 0.3) is 0 Å². The Balaban J connectivity index is 2.70. The van der Waals surface area contributed by atoms with E-state index in [1.165, 1.54) is 0 Å². The number of hydrogen-bond donors (Lipinski definition) is 1. The molecule has 1 rings (SSSR count). The lowest BCUT2D eigenvalue weighted by Gasteiger charge is -2.22. The van der Waals surface area contributed by atoms with Gasteiger partial charge in [-0.3, -0.25) is 4.79 Å². The number of aliphatic hydroxyl groups excluding tert-OH is 1. The van der Waals surface area contributed by atoms with Crippen molar-refractivity contribution in [2.45, 2.75) is 38.9 Å². The molecule has 0 bridgehead atoms. The van der Waals surface area contributed by atoms with E-state index in [-0.39, 0.29) is 31.2 Å². The number of hydrogen-bond acceptors (Lipinski definition) is 4. The van der Waals surface area contributed by atoms with E-state index in [0.29, 0.717) is 13.0 Å². The third-order valence-corrected chi connectivity index (χ3v) is 2.76. The molecule has 0 aliphatic heterocycles. The summed E-state index contributed by atoms with van der Waals surface area (Å²) in [4.78, 5) is 11.6. The van der Waals surface area contributed by atoms with Crippen LogP contribution in [-0.4, -0.2) is 30.4 Å². The number of carbonyl (C=O) groups is 1. The average molecular weight is 266 g/mol. The van der Waals surface area contributed by atoms with Crippen LogP contribution < -0.4 is 0 Å². The maximum atomic E-state index is 11.6. The zero-order chi connectivity index (χ0) is 14.1. The highest BCUT2D eigenvalue weighted by Gasteiger charge is 2.19. The van der Waals surface area contributed by atoms with E-state index in [1.807, 2.05) is 37.3 Å². The van der Waals surface area contributed by atoms with Crippen molar-refractivity contribution in [1.29, 1.82) is 0 Å². The molecule has 0 saturated heterocycles. The molecule has 1 aromatic carbocycles. The predicted molar refractivity (Wildman–Crippen MR) is 72.7 cm³/mol. The molecule has 0 aromatic heterocycles. The highest BCUT2D eigenvalue weighted by Crippen LogP contribution is 2.24. The summed E-state index contributed by atoms with van der Waals surface area (Å²) in [5.74, 6) is -0.271. The van der Waals surface area contributed by atoms with Gasteiger partial charge >= 0.3 is 5.97 Å². The minimum absolute atomic E-state index is 0.0715. The normalized spacial score (nSPS) is 13.8. The molecule has 0 aliphatic carbocycles. The summed E-state index contributed by atoms with van der Waals surface area (Å²) in [7, 11) is 0. The monoisotopic (exact) mass is 266 g/mol. The third-order valence-electron chi connectivity index (χ3n) is 2.76. The van der Waals surface area contributed by atoms with Crippen molar-refractivity contribution in [2.75, 3.05) is 13.2 Å². The first-order chi connectivity index (χ1) is 9.17. The standard InChI is InChI=1S/C15H22O4/c1-3-18-15(17)11-14(19-12(2)9-10-16)13-7-5-4-6-8-13/h4-8,12,14,16H,3,9-11H2,1-2H3/t12-,14+/m0/s1. The smallest absolute Gasteiger partial charge is 0.308 e. The predicted octanol–water partition coefficient (Wildman–Crippen LogP) is 2.47. The van der Waals surface area contributed by atoms with Gasteiger partial charge in [-0.2, -0.15) is 0 Å². The molecule has 0 saturated carbocycles. The van der Waals surface area contributed by atoms with Gasteiger partial charge in [0.05, 0.1) is 25.2 Å². The van der Waals surface area contributed by atoms with Crippen LogP contribution in [0.15, 0.2) is 30.3 Å². The third kappa shape index (κ3) is 5.85. The molecule has 19 heavy (non-hydrogen) atoms. The zero-order valence-corrected chi connectivity index (χ0v) is 11.5. The van der Waals surface area contributed by atoms with Gasteiger partial charge in [0.1, 0.15) is 0 Å². The number of carbonyl (C=O) groups excluding carboxylic acids is 1. The van der Waals surface area contributed by atoms with Gasteiger partial charge in [-0.15, -0.1) is 0 Å². The SMILES string of the molecule is CCOC(=O)C[C@@H](O[C@@H](C)CCO)c1ccccc1. The van der Waals surface area contributed by atoms with Gasteiger partial charge in [-0.1, -0.05) is 30.3 Å². The maximum absolute atomic E-state index is 11.6. The van der Waals surface area contributed by atoms with E-state index < -0.39 is 0 Å². The van der Waals surface area contributed by atoms with Crippen molar-refractivity contribution in [1.82, 2.24) is 0 Å². The highest BCUT2D eigenvalue weighted by molar-refractivity contribution is 5.70. The summed E-state index contributed by atoms with van der Waals surface area (Å²) >= 11 is 0. The maximum Gasteiger partial charge on any atom is 0.308 e. The first-order valence-electron chi connectivity index (χ1n) is 6.64. The fourth-order valence-corrected chi connectivity index (χ4v) is 1.81. The Labute approximate surface area is 114 Å². The van der Waals surface area contributed by atoms with E-state index in [9.17, 15) is 4.79 Å². The van der Waals surface area contributed by atoms with Crippen LogP contribution in [0.4, 0.5) is 0 Å². The van der Waals surface area contributed by atoms with Crippen LogP contribution in [0.2, 0.25) is 0 Å². The molecule has 2 atom stereocenters. The number of rotatable bonds is 8. The first kappa shape index (κ1) is 15.7. The lowest BCUT2D eigenvalue weighted by Crippen LogP contribution is -2.19. The Morgan fingerprint density at radius 1 is 1.32 bits per heavy atom. The topological polar surface area (TPSA) is 55.8 Å². The summed E-state index contributed by atoms with van der Waals surface area (Å²) in [6.07, 6.45) is 0.297. The first-order valence-corrected chi connectivity index (χ1v) is 6.64. The average Bonchev–Trinajstić information content (AvgIpc) is 2.39. The summed E-state index contributed by atoms with van der Waals surface area (Å²) in [6, 6.07) is 9.59. The zero-order valence-electron chi connectivity index (χ0n) is 11.5. The Bertz CT molecular complexity index is 364. The van der Waals surface area contributed by atoms with Crippen LogP contribution >= 0.6 is 0 Å². The number of esters is 1. The van der Waals surface area contributed by atoms with Gasteiger partial charge < -0.3 is 14.6 Å². The van der Waals surface area contributed by atoms with E-state index in [2.05, 4.69) is 0 Å². The van der Waals surface area contributed by atoms with Crippen LogP contribution in [0, 0.1) is 0 Å². The molecule has 0 heterocycles. The van der Waals surface area contributed by atoms with Crippen LogP contribution in [0.1, 0.15) is 38.4 Å². The Morgan fingerprint density at radius 2 is 2.00 bits per heavy atom. The molecule has 0 aliphatic rings. The minimum atomic E-state index is -0.332. The molecule has 0 amide bonds. The summed E-state index contributed by atoms with van der Waals surface area (Å²) in [5, 5.41) is 8.91. The van der Waals surface area contributed by atoms with E-state index in [0.717, 1.165) is 5.56 Å². The van der Waals surface area contributed by atoms with E-state index >= 15 is 0 Å². The van der Waals surface area contributed by atoms with Crippen molar-refractivity contribution >= 4 is 5.97 Å². The van der Waals surface area contributed by atoms with E-state index in [1.54, 1.807) is 6.92 Å². The van der Waals surface area contributed by atoms with Crippen molar-refractivity contribution in [3.8, 4) is 0 Å². The highest BCUT2D eigenvalue weighted by atomic mass is 16.5. The van der Waals surface area contributed by atoms with Crippen molar-refractivity contribution in [3.05, 3.63) is 35.9 Å². The molecule has 1 N–H and O–H groups in total. The van der Waals surface area contributed by atoms with Gasteiger partial charge in [0.25, 0.3) is 0 Å². The summed E-state index contributed by atoms with van der Waals surface area (Å²) in [6.45, 7) is 4.11. The lowest BCUT2D eigenvalue weighted by molar-refractivity contribution is -0.147. The Morgan fingerprint density at radius 3 is 2.58 bits per heavy atom. The number of aliphatic hydroxyl groups is 1. The molecule has 4 heteroatoms. The Kier molecular flexibility index (Phi) is 7.15. The largest absolute Gasteiger partial charge is 0.466 e. The second-order valence-electron chi connectivity index (χ2n) is 4.37. The molecule has 0 fully saturated rings. The van der Waals surface area contributed by atoms with Gasteiger partial charge in [0.15, 0.2) is 0 Å². The molecule has 1 aromatic rings. The van der Waals surface area contributed by atoms with Crippen molar-refractivity contribution < 1.29 is 19.4 Å². The number of ether oxygens (including phenoxy) is 2. The molecule has 4 nitrogen and oxygen atoms in total. The quantitative estimate of drug-likeness (QED) is 0.734. The van der Waals surface area contributed by atoms with Crippen LogP contribution in [0.5, 0.6) is 0 Å². The van der Waals surface area contributed by atoms with Crippen LogP contribution in [-0.2, 0) is 14.3 Å². The van der Waals surface area contributed by atoms with Crippen LogP contribution in [0.3, 0.4) is 0 Å². The molecule has 0 spiro atoms. The fraction of sp³-hybridized carbons (Fsp3) is 0.533. The van der Waals surface area contributed by atoms with Gasteiger partial charge in [0, 0.05) is 6.61 Å². The number of benzene rings is 1. The molecular weight excluding hydrogens is 244 g/mol. The second-order valence-corrected chi connectivity index (χ2v) is 4.37. The second kappa shape index (κ2) is 8.67. The lowest BCUT2D eigenvalue weighted by atomic mass is 10.1. The van der Waals surface area contributed by atoms with Gasteiger partial charge in [0.2, 0.25) is 0 Å². The molecule has 0 unspecified atom stereocenters. The molecule has 106 valence electrons. The molecular formula is C15H22O4. The Hall–Kier alpha value is -1.39. The fourth-order valence-electron chi connectivity index (χ4n) is 1.81. The van der Waals surface area contributed by atoms with Crippen molar-refractivity contribution in [2.24, 2.45) is 0 Å². The summed E-state index contributed by atoms with van der Waals surface area (Å²) < 4.78 is 10.8. The van der Waals surface area contributed by atoms with Crippen molar-refractivity contribution in [3.63, 3.8) is 0 Å². The van der Waals surface area contributed by atoms with Gasteiger partial charge in [-0.25, -0.2) is 0 Å². The minimum Gasteiger partial charge on any atom is -0.466 e. The summed E-state index contributed by atoms with van der Waals surface area (Å²) in [5.41, 5.74) is 0.945. The molecule has 0 radical (unpaired) electrons. The van der Waals surface area contributed by atoms with E-state index in [4.69, 9.17) is 14.6 Å².